The maximum absolute atomic E-state index is 2.37. The van der Waals surface area contributed by atoms with Gasteiger partial charge in [-0.05, 0) is 128 Å². The van der Waals surface area contributed by atoms with Gasteiger partial charge in [-0.25, -0.2) is 0 Å². The van der Waals surface area contributed by atoms with E-state index in [0.29, 0.717) is 0 Å². The molecule has 0 aliphatic heterocycles. The first-order valence-corrected chi connectivity index (χ1v) is 19.9. The van der Waals surface area contributed by atoms with Crippen LogP contribution in [0, 0.1) is 0 Å². The zero-order chi connectivity index (χ0) is 38.4. The van der Waals surface area contributed by atoms with Gasteiger partial charge in [0.15, 0.2) is 0 Å². The first-order valence-electron chi connectivity index (χ1n) is 19.9. The lowest BCUT2D eigenvalue weighted by molar-refractivity contribution is 1.18. The minimum atomic E-state index is 1.11. The van der Waals surface area contributed by atoms with Crippen molar-refractivity contribution in [2.45, 2.75) is 0 Å². The molecule has 0 saturated carbocycles. The van der Waals surface area contributed by atoms with E-state index in [4.69, 9.17) is 0 Å². The highest BCUT2D eigenvalue weighted by Gasteiger charge is 2.16. The average Bonchev–Trinajstić information content (AvgIpc) is 3.63. The van der Waals surface area contributed by atoms with Crippen LogP contribution in [0.15, 0.2) is 231 Å². The van der Waals surface area contributed by atoms with E-state index >= 15 is 0 Å². The van der Waals surface area contributed by atoms with Gasteiger partial charge in [-0.3, -0.25) is 0 Å². The summed E-state index contributed by atoms with van der Waals surface area (Å²) < 4.78 is 2.37. The average molecular weight is 739 g/mol. The second-order valence-corrected chi connectivity index (χ2v) is 15.0. The summed E-state index contributed by atoms with van der Waals surface area (Å²) in [5, 5.41) is 7.43. The highest BCUT2D eigenvalue weighted by Crippen LogP contribution is 2.40. The van der Waals surface area contributed by atoms with Crippen molar-refractivity contribution in [2.24, 2.45) is 0 Å². The summed E-state index contributed by atoms with van der Waals surface area (Å²) in [6, 6.07) is 83.6. The maximum atomic E-state index is 2.37. The summed E-state index contributed by atoms with van der Waals surface area (Å²) in [6.07, 6.45) is 0. The summed E-state index contributed by atoms with van der Waals surface area (Å²) in [5.41, 5.74) is 14.2. The van der Waals surface area contributed by atoms with Crippen molar-refractivity contribution in [1.82, 2.24) is 4.57 Å². The zero-order valence-electron chi connectivity index (χ0n) is 31.8. The van der Waals surface area contributed by atoms with Crippen molar-refractivity contribution in [2.75, 3.05) is 4.90 Å². The molecular formula is C56H38N2. The fraction of sp³-hybridized carbons (Fsp3) is 0. The van der Waals surface area contributed by atoms with Crippen LogP contribution in [-0.2, 0) is 0 Å². The monoisotopic (exact) mass is 738 g/mol. The molecular weight excluding hydrogens is 701 g/mol. The first kappa shape index (κ1) is 33.6. The van der Waals surface area contributed by atoms with Gasteiger partial charge in [-0.2, -0.15) is 0 Å². The molecule has 0 fully saturated rings. The van der Waals surface area contributed by atoms with Crippen LogP contribution in [0.5, 0.6) is 0 Å². The van der Waals surface area contributed by atoms with E-state index in [0.717, 1.165) is 17.1 Å². The number of para-hydroxylation sites is 2. The van der Waals surface area contributed by atoms with E-state index in [2.05, 4.69) is 240 Å². The van der Waals surface area contributed by atoms with Gasteiger partial charge in [0.1, 0.15) is 0 Å². The first-order chi connectivity index (χ1) is 28.7. The van der Waals surface area contributed by atoms with Gasteiger partial charge < -0.3 is 9.47 Å². The van der Waals surface area contributed by atoms with Crippen molar-refractivity contribution >= 4 is 60.4 Å². The van der Waals surface area contributed by atoms with Crippen molar-refractivity contribution in [3.05, 3.63) is 231 Å². The molecule has 0 saturated heterocycles. The fourth-order valence-electron chi connectivity index (χ4n) is 8.71. The minimum absolute atomic E-state index is 1.11. The number of nitrogens with zero attached hydrogens (tertiary/aromatic N) is 2. The smallest absolute Gasteiger partial charge is 0.0541 e. The molecule has 2 heteroatoms. The quantitative estimate of drug-likeness (QED) is 0.158. The molecule has 2 nitrogen and oxygen atoms in total. The van der Waals surface area contributed by atoms with E-state index in [1.165, 1.54) is 82.4 Å². The topological polar surface area (TPSA) is 8.17 Å². The van der Waals surface area contributed by atoms with E-state index in [1.807, 2.05) is 0 Å². The molecule has 11 aromatic rings. The molecule has 0 spiro atoms. The number of anilines is 3. The standard InChI is InChI=1S/C56H38N2/c1-3-12-39(13-4-1)40-24-30-48(31-25-40)57(49-32-26-42(27-33-49)52-20-11-15-41-14-7-8-18-51(41)52)50-34-28-44-36-43(22-23-45(44)37-50)46-29-35-56-54(38-46)53-19-9-10-21-55(53)58(56)47-16-5-2-6-17-47/h1-38H. The third-order valence-electron chi connectivity index (χ3n) is 11.6. The Morgan fingerprint density at radius 1 is 0.276 bits per heavy atom. The summed E-state index contributed by atoms with van der Waals surface area (Å²) in [7, 11) is 0. The Morgan fingerprint density at radius 3 is 1.60 bits per heavy atom. The summed E-state index contributed by atoms with van der Waals surface area (Å²) in [4.78, 5) is 2.37. The lowest BCUT2D eigenvalue weighted by Gasteiger charge is -2.26. The third-order valence-corrected chi connectivity index (χ3v) is 11.6. The predicted molar refractivity (Wildman–Crippen MR) is 247 cm³/mol. The molecule has 1 heterocycles. The van der Waals surface area contributed by atoms with Crippen LogP contribution in [-0.4, -0.2) is 4.57 Å². The number of hydrogen-bond donors (Lipinski definition) is 0. The largest absolute Gasteiger partial charge is 0.310 e. The van der Waals surface area contributed by atoms with Crippen LogP contribution in [0.1, 0.15) is 0 Å². The van der Waals surface area contributed by atoms with Crippen molar-refractivity contribution in [1.29, 1.82) is 0 Å². The van der Waals surface area contributed by atoms with Gasteiger partial charge in [0.25, 0.3) is 0 Å². The lowest BCUT2D eigenvalue weighted by Crippen LogP contribution is -2.09. The number of rotatable bonds is 7. The number of aromatic nitrogens is 1. The highest BCUT2D eigenvalue weighted by atomic mass is 15.1. The molecule has 1 aromatic heterocycles. The Bertz CT molecular complexity index is 3250. The minimum Gasteiger partial charge on any atom is -0.310 e. The van der Waals surface area contributed by atoms with Gasteiger partial charge in [0.05, 0.1) is 11.0 Å². The molecule has 0 amide bonds. The van der Waals surface area contributed by atoms with Gasteiger partial charge in [0.2, 0.25) is 0 Å². The van der Waals surface area contributed by atoms with Gasteiger partial charge in [0, 0.05) is 33.5 Å². The Hall–Kier alpha value is -7.68. The molecule has 272 valence electrons. The molecule has 58 heavy (non-hydrogen) atoms. The van der Waals surface area contributed by atoms with Crippen LogP contribution in [0.4, 0.5) is 17.1 Å². The molecule has 0 bridgehead atoms. The summed E-state index contributed by atoms with van der Waals surface area (Å²) in [5.74, 6) is 0. The van der Waals surface area contributed by atoms with Crippen LogP contribution in [0.3, 0.4) is 0 Å². The van der Waals surface area contributed by atoms with Crippen molar-refractivity contribution in [3.63, 3.8) is 0 Å². The van der Waals surface area contributed by atoms with Gasteiger partial charge in [-0.1, -0.05) is 158 Å². The maximum Gasteiger partial charge on any atom is 0.0541 e. The highest BCUT2D eigenvalue weighted by molar-refractivity contribution is 6.10. The number of hydrogen-bond acceptors (Lipinski definition) is 1. The van der Waals surface area contributed by atoms with Gasteiger partial charge in [-0.15, -0.1) is 0 Å². The van der Waals surface area contributed by atoms with Crippen LogP contribution in [0.2, 0.25) is 0 Å². The molecule has 11 rings (SSSR count). The molecule has 0 atom stereocenters. The Kier molecular flexibility index (Phi) is 8.19. The normalized spacial score (nSPS) is 11.4. The number of benzene rings is 10. The molecule has 0 unspecified atom stereocenters. The molecule has 0 radical (unpaired) electrons. The Balaban J connectivity index is 0.981. The van der Waals surface area contributed by atoms with E-state index in [1.54, 1.807) is 0 Å². The van der Waals surface area contributed by atoms with Gasteiger partial charge >= 0.3 is 0 Å². The second kappa shape index (κ2) is 14.1. The Morgan fingerprint density at radius 2 is 0.810 bits per heavy atom. The zero-order valence-corrected chi connectivity index (χ0v) is 31.8. The van der Waals surface area contributed by atoms with Crippen molar-refractivity contribution in [3.8, 4) is 39.1 Å². The molecule has 10 aromatic carbocycles. The second-order valence-electron chi connectivity index (χ2n) is 15.0. The van der Waals surface area contributed by atoms with E-state index in [-0.39, 0.29) is 0 Å². The van der Waals surface area contributed by atoms with Crippen molar-refractivity contribution < 1.29 is 0 Å². The van der Waals surface area contributed by atoms with E-state index < -0.39 is 0 Å². The van der Waals surface area contributed by atoms with Crippen LogP contribution in [0.25, 0.3) is 82.4 Å². The third kappa shape index (κ3) is 5.91. The van der Waals surface area contributed by atoms with Crippen LogP contribution < -0.4 is 4.90 Å². The molecule has 0 aliphatic rings. The van der Waals surface area contributed by atoms with Crippen LogP contribution >= 0.6 is 0 Å². The summed E-state index contributed by atoms with van der Waals surface area (Å²) in [6.45, 7) is 0. The predicted octanol–water partition coefficient (Wildman–Crippen LogP) is 15.6. The summed E-state index contributed by atoms with van der Waals surface area (Å²) >= 11 is 0. The van der Waals surface area contributed by atoms with E-state index in [9.17, 15) is 0 Å². The Labute approximate surface area is 338 Å². The SMILES string of the molecule is c1ccc(-c2ccc(N(c3ccc(-c4cccc5ccccc45)cc3)c3ccc4cc(-c5ccc6c(c5)c5ccccc5n6-c5ccccc5)ccc4c3)cc2)cc1. The molecule has 0 N–H and O–H groups in total. The molecule has 0 aliphatic carbocycles. The lowest BCUT2D eigenvalue weighted by atomic mass is 9.97. The number of fused-ring (bicyclic) bond motifs is 5. The fourth-order valence-corrected chi connectivity index (χ4v) is 8.71.